The van der Waals surface area contributed by atoms with E-state index in [1.807, 2.05) is 60.7 Å². The van der Waals surface area contributed by atoms with Crippen LogP contribution in [0.3, 0.4) is 0 Å². The lowest BCUT2D eigenvalue weighted by Crippen LogP contribution is -2.37. The van der Waals surface area contributed by atoms with Crippen LogP contribution in [0.4, 0.5) is 5.69 Å². The van der Waals surface area contributed by atoms with E-state index in [-0.39, 0.29) is 5.91 Å². The summed E-state index contributed by atoms with van der Waals surface area (Å²) in [5.41, 5.74) is 7.42. The van der Waals surface area contributed by atoms with Crippen LogP contribution in [0, 0.1) is 0 Å². The van der Waals surface area contributed by atoms with Gasteiger partial charge in [0, 0.05) is 12.1 Å². The Hall–Kier alpha value is -2.29. The van der Waals surface area contributed by atoms with Crippen LogP contribution in [0.2, 0.25) is 0 Å². The van der Waals surface area contributed by atoms with E-state index in [0.29, 0.717) is 6.42 Å². The summed E-state index contributed by atoms with van der Waals surface area (Å²) in [7, 11) is 0. The largest absolute Gasteiger partial charge is 0.373 e. The first kappa shape index (κ1) is 12.2. The molecule has 0 bridgehead atoms. The first-order valence-corrected chi connectivity index (χ1v) is 5.90. The van der Waals surface area contributed by atoms with Crippen molar-refractivity contribution in [3.63, 3.8) is 0 Å². The highest BCUT2D eigenvalue weighted by atomic mass is 16.1. The Morgan fingerprint density at radius 1 is 1.00 bits per heavy atom. The number of nitrogens with two attached hydrogens (primary N) is 1. The van der Waals surface area contributed by atoms with Crippen LogP contribution in [-0.2, 0) is 11.2 Å². The molecule has 3 N–H and O–H groups in total. The molecule has 0 aliphatic rings. The van der Waals surface area contributed by atoms with Gasteiger partial charge in [0.2, 0.25) is 5.91 Å². The minimum absolute atomic E-state index is 0.345. The average molecular weight is 240 g/mol. The third-order valence-corrected chi connectivity index (χ3v) is 2.74. The number of primary amides is 1. The van der Waals surface area contributed by atoms with Gasteiger partial charge in [-0.2, -0.15) is 0 Å². The van der Waals surface area contributed by atoms with Crippen molar-refractivity contribution < 1.29 is 4.79 Å². The minimum Gasteiger partial charge on any atom is -0.373 e. The van der Waals surface area contributed by atoms with E-state index in [4.69, 9.17) is 5.73 Å². The Morgan fingerprint density at radius 2 is 1.56 bits per heavy atom. The van der Waals surface area contributed by atoms with E-state index in [1.54, 1.807) is 0 Å². The number of hydrogen-bond acceptors (Lipinski definition) is 2. The third-order valence-electron chi connectivity index (χ3n) is 2.74. The molecule has 1 amide bonds. The van der Waals surface area contributed by atoms with Crippen molar-refractivity contribution in [2.45, 2.75) is 12.5 Å². The molecule has 0 heterocycles. The lowest BCUT2D eigenvalue weighted by molar-refractivity contribution is -0.118. The molecular weight excluding hydrogens is 224 g/mol. The van der Waals surface area contributed by atoms with Gasteiger partial charge in [0.15, 0.2) is 0 Å². The summed E-state index contributed by atoms with van der Waals surface area (Å²) < 4.78 is 0. The number of benzene rings is 2. The molecule has 0 saturated heterocycles. The second-order valence-electron chi connectivity index (χ2n) is 4.16. The topological polar surface area (TPSA) is 55.1 Å². The van der Waals surface area contributed by atoms with Crippen LogP contribution in [0.5, 0.6) is 0 Å². The van der Waals surface area contributed by atoms with Gasteiger partial charge in [-0.15, -0.1) is 0 Å². The zero-order valence-electron chi connectivity index (χ0n) is 10.0. The zero-order chi connectivity index (χ0) is 12.8. The van der Waals surface area contributed by atoms with Gasteiger partial charge < -0.3 is 11.1 Å². The summed E-state index contributed by atoms with van der Waals surface area (Å²) in [6, 6.07) is 19.1. The molecule has 18 heavy (non-hydrogen) atoms. The van der Waals surface area contributed by atoms with Crippen LogP contribution in [0.1, 0.15) is 5.56 Å². The van der Waals surface area contributed by atoms with Crippen molar-refractivity contribution in [1.82, 2.24) is 0 Å². The molecule has 0 aliphatic carbocycles. The summed E-state index contributed by atoms with van der Waals surface area (Å²) in [4.78, 5) is 11.5. The van der Waals surface area contributed by atoms with Gasteiger partial charge in [-0.3, -0.25) is 4.79 Å². The maximum absolute atomic E-state index is 11.5. The number of anilines is 1. The van der Waals surface area contributed by atoms with E-state index in [9.17, 15) is 4.79 Å². The summed E-state index contributed by atoms with van der Waals surface area (Å²) in [5.74, 6) is -0.345. The van der Waals surface area contributed by atoms with E-state index in [0.717, 1.165) is 11.3 Å². The first-order valence-electron chi connectivity index (χ1n) is 5.90. The molecule has 92 valence electrons. The molecule has 0 unspecified atom stereocenters. The predicted octanol–water partition coefficient (Wildman–Crippen LogP) is 2.20. The zero-order valence-corrected chi connectivity index (χ0v) is 10.0. The highest BCUT2D eigenvalue weighted by Gasteiger charge is 2.15. The second-order valence-corrected chi connectivity index (χ2v) is 4.16. The van der Waals surface area contributed by atoms with Crippen molar-refractivity contribution in [2.75, 3.05) is 5.32 Å². The Balaban J connectivity index is 2.08. The normalized spacial score (nSPS) is 11.8. The van der Waals surface area contributed by atoms with Crippen molar-refractivity contribution in [3.05, 3.63) is 66.2 Å². The van der Waals surface area contributed by atoms with Crippen LogP contribution in [0.25, 0.3) is 0 Å². The maximum atomic E-state index is 11.5. The van der Waals surface area contributed by atoms with Crippen LogP contribution >= 0.6 is 0 Å². The average Bonchev–Trinajstić information content (AvgIpc) is 2.40. The molecule has 0 aromatic heterocycles. The first-order chi connectivity index (χ1) is 8.75. The van der Waals surface area contributed by atoms with Gasteiger partial charge in [-0.25, -0.2) is 0 Å². The number of carbonyl (C=O) groups is 1. The number of amides is 1. The fraction of sp³-hybridized carbons (Fsp3) is 0.133. The van der Waals surface area contributed by atoms with E-state index < -0.39 is 6.04 Å². The molecule has 1 atom stereocenters. The maximum Gasteiger partial charge on any atom is 0.240 e. The standard InChI is InChI=1S/C15H16N2O/c16-15(18)14(11-12-7-3-1-4-8-12)17-13-9-5-2-6-10-13/h1-10,14,17H,11H2,(H2,16,18)/t14-/m0/s1. The molecule has 0 spiro atoms. The highest BCUT2D eigenvalue weighted by Crippen LogP contribution is 2.10. The Kier molecular flexibility index (Phi) is 3.97. The van der Waals surface area contributed by atoms with Crippen molar-refractivity contribution in [2.24, 2.45) is 5.73 Å². The number of hydrogen-bond donors (Lipinski definition) is 2. The number of rotatable bonds is 5. The smallest absolute Gasteiger partial charge is 0.240 e. The van der Waals surface area contributed by atoms with Gasteiger partial charge in [0.25, 0.3) is 0 Å². The van der Waals surface area contributed by atoms with Gasteiger partial charge in [0.05, 0.1) is 0 Å². The molecular formula is C15H16N2O. The van der Waals surface area contributed by atoms with Crippen molar-refractivity contribution in [1.29, 1.82) is 0 Å². The summed E-state index contributed by atoms with van der Waals surface area (Å²) >= 11 is 0. The molecule has 0 fully saturated rings. The van der Waals surface area contributed by atoms with Gasteiger partial charge in [0.1, 0.15) is 6.04 Å². The molecule has 0 aliphatic heterocycles. The van der Waals surface area contributed by atoms with Gasteiger partial charge in [-0.05, 0) is 17.7 Å². The lowest BCUT2D eigenvalue weighted by Gasteiger charge is -2.16. The van der Waals surface area contributed by atoms with Crippen LogP contribution in [0.15, 0.2) is 60.7 Å². The molecule has 2 rings (SSSR count). The monoisotopic (exact) mass is 240 g/mol. The number of para-hydroxylation sites is 1. The number of nitrogens with one attached hydrogen (secondary N) is 1. The Labute approximate surface area is 107 Å². The fourth-order valence-electron chi connectivity index (χ4n) is 1.81. The van der Waals surface area contributed by atoms with Gasteiger partial charge >= 0.3 is 0 Å². The SMILES string of the molecule is NC(=O)[C@H](Cc1ccccc1)Nc1ccccc1. The predicted molar refractivity (Wildman–Crippen MR) is 73.2 cm³/mol. The molecule has 3 nitrogen and oxygen atoms in total. The summed E-state index contributed by atoms with van der Waals surface area (Å²) in [5, 5.41) is 3.15. The van der Waals surface area contributed by atoms with Crippen molar-refractivity contribution in [3.8, 4) is 0 Å². The van der Waals surface area contributed by atoms with E-state index in [1.165, 1.54) is 0 Å². The Morgan fingerprint density at radius 3 is 2.11 bits per heavy atom. The molecule has 2 aromatic carbocycles. The molecule has 0 saturated carbocycles. The van der Waals surface area contributed by atoms with E-state index >= 15 is 0 Å². The van der Waals surface area contributed by atoms with E-state index in [2.05, 4.69) is 5.32 Å². The quantitative estimate of drug-likeness (QED) is 0.841. The molecule has 2 aromatic rings. The van der Waals surface area contributed by atoms with Crippen LogP contribution in [-0.4, -0.2) is 11.9 Å². The third kappa shape index (κ3) is 3.35. The minimum atomic E-state index is -0.394. The Bertz CT molecular complexity index is 455. The fourth-order valence-corrected chi connectivity index (χ4v) is 1.81. The second kappa shape index (κ2) is 5.87. The van der Waals surface area contributed by atoms with Gasteiger partial charge in [-0.1, -0.05) is 48.5 Å². The molecule has 3 heteroatoms. The van der Waals surface area contributed by atoms with Crippen molar-refractivity contribution >= 4 is 11.6 Å². The van der Waals surface area contributed by atoms with Crippen LogP contribution < -0.4 is 11.1 Å². The highest BCUT2D eigenvalue weighted by molar-refractivity contribution is 5.83. The lowest BCUT2D eigenvalue weighted by atomic mass is 10.1. The number of carbonyl (C=O) groups excluding carboxylic acids is 1. The summed E-state index contributed by atoms with van der Waals surface area (Å²) in [6.07, 6.45) is 0.588. The summed E-state index contributed by atoms with van der Waals surface area (Å²) in [6.45, 7) is 0. The molecule has 0 radical (unpaired) electrons.